The molecule has 0 bridgehead atoms. The zero-order valence-electron chi connectivity index (χ0n) is 3.33. The van der Waals surface area contributed by atoms with Gasteiger partial charge in [0, 0.05) is 0 Å². The molecule has 1 aromatic heterocycles. The molecule has 0 aromatic carbocycles. The van der Waals surface area contributed by atoms with Gasteiger partial charge in [-0.25, -0.2) is 0 Å². The highest BCUT2D eigenvalue weighted by atomic mass is 32.1. The lowest BCUT2D eigenvalue weighted by Gasteiger charge is -1.58. The quantitative estimate of drug-likeness (QED) is 0.487. The van der Waals surface area contributed by atoms with Crippen LogP contribution in [0.1, 0.15) is 5.69 Å². The summed E-state index contributed by atoms with van der Waals surface area (Å²) in [4.78, 5) is 0. The molecule has 0 unspecified atom stereocenters. The van der Waals surface area contributed by atoms with Crippen LogP contribution in [0.4, 0.5) is 0 Å². The predicted molar refractivity (Wildman–Crippen MR) is 24.6 cm³/mol. The standard InChI is InChI=1S/C3HN3S/c4-1-3-2-7-6-5-3/h2H. The molecular weight excluding hydrogens is 110 g/mol. The minimum atomic E-state index is 0.394. The molecule has 0 radical (unpaired) electrons. The largest absolute Gasteiger partial charge is 0.191 e. The number of rotatable bonds is 0. The second-order valence-corrected chi connectivity index (χ2v) is 1.51. The van der Waals surface area contributed by atoms with E-state index < -0.39 is 0 Å². The smallest absolute Gasteiger partial charge is 0.175 e. The van der Waals surface area contributed by atoms with Gasteiger partial charge in [0.25, 0.3) is 0 Å². The Morgan fingerprint density at radius 2 is 2.71 bits per heavy atom. The molecular formula is C3HN3S. The van der Waals surface area contributed by atoms with Gasteiger partial charge in [-0.15, -0.1) is 5.10 Å². The van der Waals surface area contributed by atoms with Crippen LogP contribution in [0.15, 0.2) is 5.38 Å². The molecule has 0 aliphatic heterocycles. The summed E-state index contributed by atoms with van der Waals surface area (Å²) in [6.45, 7) is 0. The summed E-state index contributed by atoms with van der Waals surface area (Å²) >= 11 is 1.18. The van der Waals surface area contributed by atoms with Crippen molar-refractivity contribution in [3.8, 4) is 6.07 Å². The van der Waals surface area contributed by atoms with Crippen LogP contribution in [0.5, 0.6) is 0 Å². The van der Waals surface area contributed by atoms with Crippen molar-refractivity contribution in [2.45, 2.75) is 0 Å². The number of nitrogens with zero attached hydrogens (tertiary/aromatic N) is 3. The van der Waals surface area contributed by atoms with Gasteiger partial charge in [-0.1, -0.05) is 4.49 Å². The summed E-state index contributed by atoms with van der Waals surface area (Å²) in [6, 6.07) is 1.84. The molecule has 0 amide bonds. The zero-order valence-corrected chi connectivity index (χ0v) is 4.14. The third-order valence-corrected chi connectivity index (χ3v) is 0.979. The minimum Gasteiger partial charge on any atom is -0.191 e. The Hall–Kier alpha value is -0.950. The van der Waals surface area contributed by atoms with Crippen LogP contribution in [-0.2, 0) is 0 Å². The SMILES string of the molecule is N#Cc1csnn1. The molecule has 7 heavy (non-hydrogen) atoms. The highest BCUT2D eigenvalue weighted by Crippen LogP contribution is 1.91. The third kappa shape index (κ3) is 0.725. The van der Waals surface area contributed by atoms with E-state index in [2.05, 4.69) is 9.59 Å². The van der Waals surface area contributed by atoms with Gasteiger partial charge < -0.3 is 0 Å². The van der Waals surface area contributed by atoms with Crippen LogP contribution in [0, 0.1) is 11.3 Å². The van der Waals surface area contributed by atoms with Gasteiger partial charge >= 0.3 is 0 Å². The summed E-state index contributed by atoms with van der Waals surface area (Å²) in [6.07, 6.45) is 0. The van der Waals surface area contributed by atoms with Crippen LogP contribution in [0.25, 0.3) is 0 Å². The van der Waals surface area contributed by atoms with E-state index in [1.165, 1.54) is 11.5 Å². The highest BCUT2D eigenvalue weighted by Gasteiger charge is 1.86. The molecule has 0 saturated heterocycles. The Morgan fingerprint density at radius 3 is 3.00 bits per heavy atom. The highest BCUT2D eigenvalue weighted by molar-refractivity contribution is 7.03. The van der Waals surface area contributed by atoms with Crippen molar-refractivity contribution < 1.29 is 0 Å². The van der Waals surface area contributed by atoms with E-state index in [9.17, 15) is 0 Å². The lowest BCUT2D eigenvalue weighted by atomic mass is 10.6. The molecule has 0 aliphatic carbocycles. The van der Waals surface area contributed by atoms with Gasteiger partial charge in [-0.3, -0.25) is 0 Å². The van der Waals surface area contributed by atoms with Crippen LogP contribution < -0.4 is 0 Å². The average molecular weight is 111 g/mol. The fraction of sp³-hybridized carbons (Fsp3) is 0. The molecule has 3 nitrogen and oxygen atoms in total. The second-order valence-electron chi connectivity index (χ2n) is 0.902. The fourth-order valence-electron chi connectivity index (χ4n) is 0.213. The van der Waals surface area contributed by atoms with Crippen molar-refractivity contribution >= 4 is 11.5 Å². The van der Waals surface area contributed by atoms with E-state index in [-0.39, 0.29) is 0 Å². The van der Waals surface area contributed by atoms with E-state index in [0.717, 1.165) is 0 Å². The Balaban J connectivity index is 3.04. The normalized spacial score (nSPS) is 7.86. The molecule has 0 saturated carbocycles. The van der Waals surface area contributed by atoms with Gasteiger partial charge in [0.05, 0.1) is 5.38 Å². The predicted octanol–water partition coefficient (Wildman–Crippen LogP) is 0.410. The minimum absolute atomic E-state index is 0.394. The Bertz CT molecular complexity index is 173. The summed E-state index contributed by atoms with van der Waals surface area (Å²) in [5, 5.41) is 13.1. The third-order valence-electron chi connectivity index (χ3n) is 0.475. The first-order chi connectivity index (χ1) is 3.43. The number of hydrogen-bond donors (Lipinski definition) is 0. The lowest BCUT2D eigenvalue weighted by Crippen LogP contribution is -1.68. The molecule has 4 heteroatoms. The second kappa shape index (κ2) is 1.67. The Morgan fingerprint density at radius 1 is 1.86 bits per heavy atom. The maximum atomic E-state index is 8.08. The first-order valence-corrected chi connectivity index (χ1v) is 2.44. The first-order valence-electron chi connectivity index (χ1n) is 1.60. The first kappa shape index (κ1) is 4.22. The monoisotopic (exact) mass is 111 g/mol. The number of nitriles is 1. The molecule has 0 atom stereocenters. The molecule has 1 aromatic rings. The van der Waals surface area contributed by atoms with E-state index in [4.69, 9.17) is 5.26 Å². The van der Waals surface area contributed by atoms with E-state index in [1.54, 1.807) is 5.38 Å². The Kier molecular flexibility index (Phi) is 1.00. The van der Waals surface area contributed by atoms with Gasteiger partial charge in [-0.05, 0) is 11.5 Å². The lowest BCUT2D eigenvalue weighted by molar-refractivity contribution is 1.13. The van der Waals surface area contributed by atoms with Crippen LogP contribution in [0.3, 0.4) is 0 Å². The van der Waals surface area contributed by atoms with Crippen LogP contribution >= 0.6 is 11.5 Å². The maximum absolute atomic E-state index is 8.08. The molecule has 0 N–H and O–H groups in total. The molecule has 1 heterocycles. The van der Waals surface area contributed by atoms with Gasteiger partial charge in [0.15, 0.2) is 5.69 Å². The van der Waals surface area contributed by atoms with Crippen molar-refractivity contribution in [1.82, 2.24) is 9.59 Å². The van der Waals surface area contributed by atoms with E-state index in [1.807, 2.05) is 6.07 Å². The van der Waals surface area contributed by atoms with Crippen molar-refractivity contribution in [3.05, 3.63) is 11.1 Å². The number of hydrogen-bond acceptors (Lipinski definition) is 4. The summed E-state index contributed by atoms with van der Waals surface area (Å²) in [7, 11) is 0. The zero-order chi connectivity index (χ0) is 5.11. The molecule has 0 fully saturated rings. The van der Waals surface area contributed by atoms with E-state index in [0.29, 0.717) is 5.69 Å². The van der Waals surface area contributed by atoms with Crippen molar-refractivity contribution in [1.29, 1.82) is 5.26 Å². The molecule has 0 aliphatic rings. The molecule has 0 spiro atoms. The molecule has 1 rings (SSSR count). The van der Waals surface area contributed by atoms with Crippen LogP contribution in [-0.4, -0.2) is 9.59 Å². The van der Waals surface area contributed by atoms with Crippen molar-refractivity contribution in [2.75, 3.05) is 0 Å². The topological polar surface area (TPSA) is 49.6 Å². The maximum Gasteiger partial charge on any atom is 0.175 e. The summed E-state index contributed by atoms with van der Waals surface area (Å²) < 4.78 is 3.46. The van der Waals surface area contributed by atoms with E-state index >= 15 is 0 Å². The number of aromatic nitrogens is 2. The average Bonchev–Trinajstić information content (AvgIpc) is 2.14. The summed E-state index contributed by atoms with van der Waals surface area (Å²) in [5.41, 5.74) is 0.394. The van der Waals surface area contributed by atoms with Crippen LogP contribution in [0.2, 0.25) is 0 Å². The van der Waals surface area contributed by atoms with Gasteiger partial charge in [0.2, 0.25) is 0 Å². The summed E-state index contributed by atoms with van der Waals surface area (Å²) in [5.74, 6) is 0. The molecule has 34 valence electrons. The fourth-order valence-corrected chi connectivity index (χ4v) is 0.595. The van der Waals surface area contributed by atoms with Crippen molar-refractivity contribution in [2.24, 2.45) is 0 Å². The van der Waals surface area contributed by atoms with Gasteiger partial charge in [0.1, 0.15) is 6.07 Å². The van der Waals surface area contributed by atoms with Crippen molar-refractivity contribution in [3.63, 3.8) is 0 Å². The van der Waals surface area contributed by atoms with Gasteiger partial charge in [-0.2, -0.15) is 5.26 Å². The Labute approximate surface area is 44.4 Å².